The van der Waals surface area contributed by atoms with Crippen LogP contribution >= 0.6 is 7.26 Å². The fourth-order valence-electron chi connectivity index (χ4n) is 4.89. The molecule has 0 aliphatic heterocycles. The normalized spacial score (nSPS) is 12.9. The summed E-state index contributed by atoms with van der Waals surface area (Å²) in [5.74, 6) is 0.0427. The molecule has 3 aromatic rings. The molecular weight excluding hydrogens is 438 g/mol. The van der Waals surface area contributed by atoms with Gasteiger partial charge in [0.05, 0.1) is 0 Å². The van der Waals surface area contributed by atoms with Gasteiger partial charge in [-0.25, -0.2) is 0 Å². The molecule has 6 heteroatoms. The van der Waals surface area contributed by atoms with Crippen molar-refractivity contribution in [3.05, 3.63) is 91.0 Å². The Labute approximate surface area is 206 Å². The molecule has 0 spiro atoms. The zero-order valence-electron chi connectivity index (χ0n) is 20.9. The van der Waals surface area contributed by atoms with E-state index in [1.807, 2.05) is 7.05 Å². The third-order valence-electron chi connectivity index (χ3n) is 6.89. The van der Waals surface area contributed by atoms with Crippen LogP contribution in [0.5, 0.6) is 0 Å². The SMILES string of the molecule is CB(O)N(C)C(CCCC[PH](c1ccccc1)(c1ccccc1)c1ccccc1)C(=O)N(C)C. The molecule has 0 saturated heterocycles. The van der Waals surface area contributed by atoms with Gasteiger partial charge in [0, 0.05) is 0 Å². The third-order valence-corrected chi connectivity index (χ3v) is 11.9. The zero-order valence-corrected chi connectivity index (χ0v) is 21.9. The van der Waals surface area contributed by atoms with Crippen molar-refractivity contribution in [2.45, 2.75) is 32.1 Å². The van der Waals surface area contributed by atoms with Crippen LogP contribution in [-0.2, 0) is 4.79 Å². The topological polar surface area (TPSA) is 43.8 Å². The minimum atomic E-state index is -2.25. The molecule has 1 amide bonds. The van der Waals surface area contributed by atoms with Gasteiger partial charge < -0.3 is 0 Å². The molecule has 0 radical (unpaired) electrons. The number of carbonyl (C=O) groups excluding carboxylic acids is 1. The molecule has 0 saturated carbocycles. The van der Waals surface area contributed by atoms with Crippen molar-refractivity contribution in [2.24, 2.45) is 0 Å². The molecular formula is C28H38BN2O2P. The van der Waals surface area contributed by atoms with Crippen molar-refractivity contribution < 1.29 is 9.82 Å². The van der Waals surface area contributed by atoms with Gasteiger partial charge in [0.15, 0.2) is 0 Å². The van der Waals surface area contributed by atoms with Crippen LogP contribution < -0.4 is 15.9 Å². The molecule has 0 aromatic heterocycles. The molecule has 180 valence electrons. The van der Waals surface area contributed by atoms with Gasteiger partial charge in [-0.3, -0.25) is 0 Å². The summed E-state index contributed by atoms with van der Waals surface area (Å²) < 4.78 is 0. The van der Waals surface area contributed by atoms with Crippen LogP contribution in [0.3, 0.4) is 0 Å². The molecule has 0 bridgehead atoms. The number of amides is 1. The summed E-state index contributed by atoms with van der Waals surface area (Å²) in [4.78, 5) is 16.2. The molecule has 0 aliphatic carbocycles. The second-order valence-corrected chi connectivity index (χ2v) is 13.3. The molecule has 0 heterocycles. The van der Waals surface area contributed by atoms with E-state index in [4.69, 9.17) is 0 Å². The number of unbranched alkanes of at least 4 members (excludes halogenated alkanes) is 1. The Hall–Kier alpha value is -2.46. The molecule has 1 unspecified atom stereocenters. The summed E-state index contributed by atoms with van der Waals surface area (Å²) in [6, 6.07) is 32.5. The maximum atomic E-state index is 12.8. The van der Waals surface area contributed by atoms with Gasteiger partial charge in [-0.1, -0.05) is 0 Å². The van der Waals surface area contributed by atoms with Gasteiger partial charge in [-0.2, -0.15) is 0 Å². The van der Waals surface area contributed by atoms with Gasteiger partial charge in [0.2, 0.25) is 0 Å². The van der Waals surface area contributed by atoms with E-state index in [9.17, 15) is 9.82 Å². The molecule has 34 heavy (non-hydrogen) atoms. The molecule has 0 aliphatic rings. The number of hydrogen-bond donors (Lipinski definition) is 1. The monoisotopic (exact) mass is 476 g/mol. The van der Waals surface area contributed by atoms with Crippen LogP contribution in [0.4, 0.5) is 0 Å². The number of nitrogens with zero attached hydrogens (tertiary/aromatic N) is 2. The molecule has 3 aromatic carbocycles. The second kappa shape index (κ2) is 12.3. The van der Waals surface area contributed by atoms with Crippen LogP contribution in [0, 0.1) is 0 Å². The minimum absolute atomic E-state index is 0.0427. The van der Waals surface area contributed by atoms with Gasteiger partial charge in [0.25, 0.3) is 0 Å². The van der Waals surface area contributed by atoms with Crippen LogP contribution in [-0.4, -0.2) is 61.0 Å². The number of hydrogen-bond acceptors (Lipinski definition) is 3. The zero-order chi connectivity index (χ0) is 24.6. The average molecular weight is 476 g/mol. The van der Waals surface area contributed by atoms with Crippen molar-refractivity contribution in [3.63, 3.8) is 0 Å². The summed E-state index contributed by atoms with van der Waals surface area (Å²) in [5.41, 5.74) is 0. The Morgan fingerprint density at radius 2 is 1.21 bits per heavy atom. The van der Waals surface area contributed by atoms with E-state index in [0.29, 0.717) is 0 Å². The van der Waals surface area contributed by atoms with E-state index in [0.717, 1.165) is 25.4 Å². The summed E-state index contributed by atoms with van der Waals surface area (Å²) >= 11 is 0. The van der Waals surface area contributed by atoms with E-state index in [-0.39, 0.29) is 11.9 Å². The first-order chi connectivity index (χ1) is 16.4. The second-order valence-electron chi connectivity index (χ2n) is 9.29. The Bertz CT molecular complexity index is 920. The third kappa shape index (κ3) is 5.96. The van der Waals surface area contributed by atoms with E-state index >= 15 is 0 Å². The van der Waals surface area contributed by atoms with Crippen molar-refractivity contribution in [2.75, 3.05) is 27.3 Å². The Morgan fingerprint density at radius 1 is 0.794 bits per heavy atom. The van der Waals surface area contributed by atoms with Crippen molar-refractivity contribution in [1.29, 1.82) is 0 Å². The maximum absolute atomic E-state index is 12.8. The van der Waals surface area contributed by atoms with Gasteiger partial charge in [-0.05, 0) is 0 Å². The average Bonchev–Trinajstić information content (AvgIpc) is 2.87. The van der Waals surface area contributed by atoms with Gasteiger partial charge in [0.1, 0.15) is 0 Å². The molecule has 1 atom stereocenters. The van der Waals surface area contributed by atoms with Crippen molar-refractivity contribution >= 4 is 36.1 Å². The number of carbonyl (C=O) groups is 1. The first-order valence-electron chi connectivity index (χ1n) is 12.2. The van der Waals surface area contributed by atoms with Gasteiger partial charge >= 0.3 is 206 Å². The molecule has 0 fully saturated rings. The van der Waals surface area contributed by atoms with Crippen LogP contribution in [0.1, 0.15) is 19.3 Å². The van der Waals surface area contributed by atoms with Gasteiger partial charge in [-0.15, -0.1) is 0 Å². The first kappa shape index (κ1) is 26.2. The summed E-state index contributed by atoms with van der Waals surface area (Å²) in [6.07, 6.45) is 3.71. The van der Waals surface area contributed by atoms with E-state index in [2.05, 4.69) is 91.0 Å². The fraction of sp³-hybridized carbons (Fsp3) is 0.321. The van der Waals surface area contributed by atoms with Crippen LogP contribution in [0.2, 0.25) is 6.82 Å². The van der Waals surface area contributed by atoms with Crippen LogP contribution in [0.25, 0.3) is 0 Å². The Kier molecular flexibility index (Phi) is 9.47. The molecule has 1 N–H and O–H groups in total. The molecule has 3 rings (SSSR count). The Morgan fingerprint density at radius 3 is 1.56 bits per heavy atom. The van der Waals surface area contributed by atoms with Crippen molar-refractivity contribution in [1.82, 2.24) is 9.71 Å². The first-order valence-corrected chi connectivity index (χ1v) is 14.4. The summed E-state index contributed by atoms with van der Waals surface area (Å²) in [6.45, 7) is 1.72. The number of benzene rings is 3. The van der Waals surface area contributed by atoms with E-state index < -0.39 is 14.3 Å². The summed E-state index contributed by atoms with van der Waals surface area (Å²) in [5, 5.41) is 14.4. The van der Waals surface area contributed by atoms with E-state index in [1.54, 1.807) is 30.6 Å². The van der Waals surface area contributed by atoms with Crippen molar-refractivity contribution in [3.8, 4) is 0 Å². The molecule has 4 nitrogen and oxygen atoms in total. The van der Waals surface area contributed by atoms with Crippen LogP contribution in [0.15, 0.2) is 91.0 Å². The number of rotatable bonds is 11. The predicted molar refractivity (Wildman–Crippen MR) is 149 cm³/mol. The summed E-state index contributed by atoms with van der Waals surface area (Å²) in [7, 11) is 2.47. The standard InChI is InChI=1S/C28H38BN2O2P/c1-29(33)31(4)27(28(32)30(2)3)22-14-15-23-34(24-16-8-5-9-17-24,25-18-10-6-11-19-25)26-20-12-7-13-21-26/h5-13,16-21,27,33-34H,14-15,22-23H2,1-4H3. The predicted octanol–water partition coefficient (Wildman–Crippen LogP) is 3.38. The Balaban J connectivity index is 1.92. The quantitative estimate of drug-likeness (QED) is 0.262. The fourth-order valence-corrected chi connectivity index (χ4v) is 9.82. The van der Waals surface area contributed by atoms with E-state index in [1.165, 1.54) is 15.9 Å². The number of likely N-dealkylation sites (N-methyl/N-ethyl adjacent to an activating group) is 2.